The summed E-state index contributed by atoms with van der Waals surface area (Å²) in [6, 6.07) is 0. The van der Waals surface area contributed by atoms with E-state index in [0.29, 0.717) is 0 Å². The van der Waals surface area contributed by atoms with Crippen molar-refractivity contribution < 1.29 is 4.39 Å². The Morgan fingerprint density at radius 1 is 1.55 bits per heavy atom. The van der Waals surface area contributed by atoms with E-state index in [-0.39, 0.29) is 5.54 Å². The van der Waals surface area contributed by atoms with Crippen LogP contribution in [0, 0.1) is 0 Å². The van der Waals surface area contributed by atoms with E-state index in [1.165, 1.54) is 6.42 Å². The van der Waals surface area contributed by atoms with Gasteiger partial charge in [0.2, 0.25) is 0 Å². The van der Waals surface area contributed by atoms with Crippen LogP contribution in [0.5, 0.6) is 0 Å². The summed E-state index contributed by atoms with van der Waals surface area (Å²) in [5.41, 5.74) is -0.0278. The highest BCUT2D eigenvalue weighted by atomic mass is 19.1. The zero-order chi connectivity index (χ0) is 7.90. The minimum Gasteiger partial charge on any atom is -0.295 e. The maximum atomic E-state index is 13.5. The van der Waals surface area contributed by atoms with Crippen molar-refractivity contribution in [3.8, 4) is 0 Å². The Hall–Kier alpha value is -0.110. The molecule has 0 radical (unpaired) electrons. The second kappa shape index (κ2) is 2.44. The van der Waals surface area contributed by atoms with Crippen LogP contribution in [0.2, 0.25) is 0 Å². The summed E-state index contributed by atoms with van der Waals surface area (Å²) in [6.45, 7) is 4.25. The van der Waals surface area contributed by atoms with E-state index < -0.39 is 6.17 Å². The maximum Gasteiger partial charge on any atom is 0.120 e. The Labute approximate surface area is 67.6 Å². The van der Waals surface area contributed by atoms with E-state index in [1.807, 2.05) is 0 Å². The predicted octanol–water partition coefficient (Wildman–Crippen LogP) is 1.97. The van der Waals surface area contributed by atoms with Crippen molar-refractivity contribution in [2.75, 3.05) is 13.1 Å². The maximum absolute atomic E-state index is 13.5. The monoisotopic (exact) mass is 157 g/mol. The van der Waals surface area contributed by atoms with Crippen molar-refractivity contribution >= 4 is 0 Å². The van der Waals surface area contributed by atoms with Gasteiger partial charge in [0.1, 0.15) is 6.17 Å². The van der Waals surface area contributed by atoms with Gasteiger partial charge in [0.05, 0.1) is 5.54 Å². The van der Waals surface area contributed by atoms with Crippen molar-refractivity contribution in [3.63, 3.8) is 0 Å². The lowest BCUT2D eigenvalue weighted by Gasteiger charge is -2.32. The lowest BCUT2D eigenvalue weighted by atomic mass is 9.90. The highest BCUT2D eigenvalue weighted by Gasteiger charge is 2.50. The van der Waals surface area contributed by atoms with Crippen molar-refractivity contribution in [2.24, 2.45) is 0 Å². The Bertz CT molecular complexity index is 160. The van der Waals surface area contributed by atoms with Crippen LogP contribution in [-0.4, -0.2) is 29.7 Å². The van der Waals surface area contributed by atoms with Crippen LogP contribution in [0.4, 0.5) is 4.39 Å². The molecular formula is C9H16FN. The van der Waals surface area contributed by atoms with E-state index in [9.17, 15) is 4.39 Å². The largest absolute Gasteiger partial charge is 0.295 e. The van der Waals surface area contributed by atoms with Gasteiger partial charge < -0.3 is 0 Å². The van der Waals surface area contributed by atoms with E-state index in [1.54, 1.807) is 0 Å². The fourth-order valence-electron chi connectivity index (χ4n) is 2.81. The molecule has 0 N–H and O–H groups in total. The second-order valence-corrected chi connectivity index (χ2v) is 3.80. The third-order valence-electron chi connectivity index (χ3n) is 3.52. The van der Waals surface area contributed by atoms with Gasteiger partial charge >= 0.3 is 0 Å². The Balaban J connectivity index is 2.22. The van der Waals surface area contributed by atoms with Gasteiger partial charge in [0, 0.05) is 6.54 Å². The SMILES string of the molecule is CC[C@]12CCCN1CC[C@@H]2F. The molecule has 0 aliphatic carbocycles. The number of rotatable bonds is 1. The standard InChI is InChI=1S/C9H16FN/c1-2-9-5-3-6-11(9)7-4-8(9)10/h8H,2-7H2,1H3/t8-,9+/m0/s1. The minimum atomic E-state index is -0.546. The number of hydrogen-bond donors (Lipinski definition) is 0. The van der Waals surface area contributed by atoms with Gasteiger partial charge in [0.25, 0.3) is 0 Å². The van der Waals surface area contributed by atoms with Crippen molar-refractivity contribution in [1.29, 1.82) is 0 Å². The molecule has 0 unspecified atom stereocenters. The molecule has 11 heavy (non-hydrogen) atoms. The molecule has 2 aliphatic heterocycles. The number of hydrogen-bond acceptors (Lipinski definition) is 1. The normalized spacial score (nSPS) is 44.7. The number of fused-ring (bicyclic) bond motifs is 1. The first-order valence-corrected chi connectivity index (χ1v) is 4.69. The molecule has 2 fully saturated rings. The minimum absolute atomic E-state index is 0.0278. The van der Waals surface area contributed by atoms with Gasteiger partial charge in [-0.2, -0.15) is 0 Å². The molecule has 0 aromatic carbocycles. The van der Waals surface area contributed by atoms with Gasteiger partial charge in [0.15, 0.2) is 0 Å². The number of halogens is 1. The molecule has 1 nitrogen and oxygen atoms in total. The summed E-state index contributed by atoms with van der Waals surface area (Å²) in [4.78, 5) is 2.36. The van der Waals surface area contributed by atoms with Gasteiger partial charge in [-0.05, 0) is 32.2 Å². The second-order valence-electron chi connectivity index (χ2n) is 3.80. The zero-order valence-corrected chi connectivity index (χ0v) is 7.15. The average Bonchev–Trinajstić information content (AvgIpc) is 2.53. The molecule has 2 heteroatoms. The first-order chi connectivity index (χ1) is 5.29. The molecule has 64 valence electrons. The first-order valence-electron chi connectivity index (χ1n) is 4.69. The quantitative estimate of drug-likeness (QED) is 0.562. The molecule has 0 aromatic rings. The van der Waals surface area contributed by atoms with Crippen LogP contribution in [0.15, 0.2) is 0 Å². The van der Waals surface area contributed by atoms with Gasteiger partial charge in [-0.15, -0.1) is 0 Å². The van der Waals surface area contributed by atoms with Gasteiger partial charge in [-0.3, -0.25) is 4.90 Å². The van der Waals surface area contributed by atoms with E-state index in [0.717, 1.165) is 32.4 Å². The zero-order valence-electron chi connectivity index (χ0n) is 7.15. The summed E-state index contributed by atoms with van der Waals surface area (Å²) in [5.74, 6) is 0. The topological polar surface area (TPSA) is 3.24 Å². The van der Waals surface area contributed by atoms with Crippen LogP contribution in [0.3, 0.4) is 0 Å². The predicted molar refractivity (Wildman–Crippen MR) is 43.3 cm³/mol. The lowest BCUT2D eigenvalue weighted by molar-refractivity contribution is 0.113. The summed E-state index contributed by atoms with van der Waals surface area (Å²) < 4.78 is 13.5. The molecule has 2 heterocycles. The lowest BCUT2D eigenvalue weighted by Crippen LogP contribution is -2.43. The van der Waals surface area contributed by atoms with Crippen molar-refractivity contribution in [1.82, 2.24) is 4.90 Å². The number of nitrogens with zero attached hydrogens (tertiary/aromatic N) is 1. The molecule has 0 spiro atoms. The third kappa shape index (κ3) is 0.851. The first kappa shape index (κ1) is 7.53. The molecule has 2 saturated heterocycles. The van der Waals surface area contributed by atoms with E-state index in [2.05, 4.69) is 11.8 Å². The third-order valence-corrected chi connectivity index (χ3v) is 3.52. The van der Waals surface area contributed by atoms with Crippen LogP contribution >= 0.6 is 0 Å². The summed E-state index contributed by atoms with van der Waals surface area (Å²) in [7, 11) is 0. The molecule has 0 aromatic heterocycles. The molecule has 2 rings (SSSR count). The summed E-state index contributed by atoms with van der Waals surface area (Å²) >= 11 is 0. The molecule has 0 bridgehead atoms. The van der Waals surface area contributed by atoms with Crippen LogP contribution < -0.4 is 0 Å². The molecule has 0 saturated carbocycles. The highest BCUT2D eigenvalue weighted by molar-refractivity contribution is 5.05. The summed E-state index contributed by atoms with van der Waals surface area (Å²) in [6.07, 6.45) is 3.51. The Morgan fingerprint density at radius 2 is 2.36 bits per heavy atom. The van der Waals surface area contributed by atoms with Crippen LogP contribution in [-0.2, 0) is 0 Å². The molecular weight excluding hydrogens is 141 g/mol. The molecule has 2 atom stereocenters. The number of alkyl halides is 1. The van der Waals surface area contributed by atoms with Gasteiger partial charge in [-0.1, -0.05) is 6.92 Å². The fourth-order valence-corrected chi connectivity index (χ4v) is 2.81. The van der Waals surface area contributed by atoms with E-state index >= 15 is 0 Å². The smallest absolute Gasteiger partial charge is 0.120 e. The average molecular weight is 157 g/mol. The Morgan fingerprint density at radius 3 is 3.00 bits per heavy atom. The van der Waals surface area contributed by atoms with Crippen molar-refractivity contribution in [2.45, 2.75) is 44.3 Å². The highest BCUT2D eigenvalue weighted by Crippen LogP contribution is 2.42. The molecule has 0 amide bonds. The fraction of sp³-hybridized carbons (Fsp3) is 1.00. The molecule has 2 aliphatic rings. The van der Waals surface area contributed by atoms with Crippen LogP contribution in [0.1, 0.15) is 32.6 Å². The van der Waals surface area contributed by atoms with E-state index in [4.69, 9.17) is 0 Å². The Kier molecular flexibility index (Phi) is 1.67. The van der Waals surface area contributed by atoms with Crippen molar-refractivity contribution in [3.05, 3.63) is 0 Å². The van der Waals surface area contributed by atoms with Gasteiger partial charge in [-0.25, -0.2) is 4.39 Å². The summed E-state index contributed by atoms with van der Waals surface area (Å²) in [5, 5.41) is 0. The van der Waals surface area contributed by atoms with Crippen LogP contribution in [0.25, 0.3) is 0 Å².